The Balaban J connectivity index is 1.76. The monoisotopic (exact) mass is 321 g/mol. The van der Waals surface area contributed by atoms with Crippen LogP contribution < -0.4 is 9.64 Å². The van der Waals surface area contributed by atoms with Crippen molar-refractivity contribution in [2.75, 3.05) is 64.4 Å². The Morgan fingerprint density at radius 3 is 2.22 bits per heavy atom. The third-order valence-corrected chi connectivity index (χ3v) is 4.64. The molecular weight excluding hydrogens is 290 g/mol. The molecule has 0 amide bonds. The van der Waals surface area contributed by atoms with E-state index >= 15 is 0 Å². The molecule has 5 nitrogen and oxygen atoms in total. The number of methoxy groups -OCH3 is 1. The normalized spacial score (nSPS) is 17.5. The zero-order valence-electron chi connectivity index (χ0n) is 14.7. The Morgan fingerprint density at radius 2 is 1.70 bits per heavy atom. The molecule has 0 aliphatic carbocycles. The molecule has 0 unspecified atom stereocenters. The van der Waals surface area contributed by atoms with Crippen molar-refractivity contribution in [3.05, 3.63) is 24.3 Å². The van der Waals surface area contributed by atoms with Gasteiger partial charge in [-0.2, -0.15) is 0 Å². The SMILES string of the molecule is CCN(CC)C[C@@H](O)CN1CCN(c2ccc(OC)cc2)CC1. The van der Waals surface area contributed by atoms with Gasteiger partial charge in [-0.25, -0.2) is 0 Å². The number of β-amino-alcohol motifs (C(OH)–C–C–N with tert-alkyl or cyclic N) is 1. The fourth-order valence-electron chi connectivity index (χ4n) is 3.12. The summed E-state index contributed by atoms with van der Waals surface area (Å²) in [7, 11) is 1.69. The minimum atomic E-state index is -0.262. The van der Waals surface area contributed by atoms with Crippen LogP contribution in [0.4, 0.5) is 5.69 Å². The molecule has 1 N–H and O–H groups in total. The van der Waals surface area contributed by atoms with Crippen LogP contribution in [0.1, 0.15) is 13.8 Å². The topological polar surface area (TPSA) is 39.2 Å². The largest absolute Gasteiger partial charge is 0.497 e. The van der Waals surface area contributed by atoms with Crippen molar-refractivity contribution in [3.63, 3.8) is 0 Å². The lowest BCUT2D eigenvalue weighted by Gasteiger charge is -2.37. The first-order valence-corrected chi connectivity index (χ1v) is 8.68. The van der Waals surface area contributed by atoms with Crippen LogP contribution in [0.2, 0.25) is 0 Å². The van der Waals surface area contributed by atoms with E-state index in [1.165, 1.54) is 5.69 Å². The first kappa shape index (κ1) is 18.0. The number of nitrogens with zero attached hydrogens (tertiary/aromatic N) is 3. The van der Waals surface area contributed by atoms with Gasteiger partial charge in [-0.15, -0.1) is 0 Å². The highest BCUT2D eigenvalue weighted by molar-refractivity contribution is 5.49. The van der Waals surface area contributed by atoms with Crippen LogP contribution in [-0.4, -0.2) is 80.5 Å². The molecule has 130 valence electrons. The third-order valence-electron chi connectivity index (χ3n) is 4.64. The second-order valence-corrected chi connectivity index (χ2v) is 6.13. The Kier molecular flexibility index (Phi) is 7.15. The summed E-state index contributed by atoms with van der Waals surface area (Å²) in [6.07, 6.45) is -0.262. The zero-order valence-corrected chi connectivity index (χ0v) is 14.7. The number of likely N-dealkylation sites (N-methyl/N-ethyl adjacent to an activating group) is 1. The highest BCUT2D eigenvalue weighted by Crippen LogP contribution is 2.20. The number of ether oxygens (including phenoxy) is 1. The van der Waals surface area contributed by atoms with E-state index in [0.29, 0.717) is 0 Å². The second kappa shape index (κ2) is 9.11. The number of benzene rings is 1. The van der Waals surface area contributed by atoms with Crippen molar-refractivity contribution in [2.24, 2.45) is 0 Å². The summed E-state index contributed by atoms with van der Waals surface area (Å²) < 4.78 is 5.21. The van der Waals surface area contributed by atoms with E-state index in [9.17, 15) is 5.11 Å². The average Bonchev–Trinajstić information content (AvgIpc) is 2.60. The molecule has 0 aromatic heterocycles. The maximum atomic E-state index is 10.3. The summed E-state index contributed by atoms with van der Waals surface area (Å²) in [5.74, 6) is 0.895. The van der Waals surface area contributed by atoms with Crippen LogP contribution in [0.3, 0.4) is 0 Å². The molecule has 1 fully saturated rings. The van der Waals surface area contributed by atoms with E-state index in [2.05, 4.69) is 40.7 Å². The number of aliphatic hydroxyl groups excluding tert-OH is 1. The number of rotatable bonds is 8. The van der Waals surface area contributed by atoms with Gasteiger partial charge in [-0.05, 0) is 37.4 Å². The predicted molar refractivity (Wildman–Crippen MR) is 95.4 cm³/mol. The van der Waals surface area contributed by atoms with Crippen molar-refractivity contribution in [2.45, 2.75) is 20.0 Å². The van der Waals surface area contributed by atoms with Crippen LogP contribution >= 0.6 is 0 Å². The van der Waals surface area contributed by atoms with Gasteiger partial charge in [-0.1, -0.05) is 13.8 Å². The number of piperazine rings is 1. The van der Waals surface area contributed by atoms with Gasteiger partial charge in [0.05, 0.1) is 13.2 Å². The molecule has 0 spiro atoms. The lowest BCUT2D eigenvalue weighted by Crippen LogP contribution is -2.50. The molecule has 5 heteroatoms. The highest BCUT2D eigenvalue weighted by atomic mass is 16.5. The van der Waals surface area contributed by atoms with Crippen molar-refractivity contribution < 1.29 is 9.84 Å². The molecule has 0 bridgehead atoms. The minimum Gasteiger partial charge on any atom is -0.497 e. The lowest BCUT2D eigenvalue weighted by atomic mass is 10.2. The second-order valence-electron chi connectivity index (χ2n) is 6.13. The maximum absolute atomic E-state index is 10.3. The van der Waals surface area contributed by atoms with Gasteiger partial charge >= 0.3 is 0 Å². The molecule has 23 heavy (non-hydrogen) atoms. The number of hydrogen-bond donors (Lipinski definition) is 1. The van der Waals surface area contributed by atoms with Crippen molar-refractivity contribution >= 4 is 5.69 Å². The van der Waals surface area contributed by atoms with E-state index in [-0.39, 0.29) is 6.10 Å². The van der Waals surface area contributed by atoms with Gasteiger partial charge in [0.2, 0.25) is 0 Å². The van der Waals surface area contributed by atoms with Crippen LogP contribution in [0.15, 0.2) is 24.3 Å². The van der Waals surface area contributed by atoms with Gasteiger partial charge in [-0.3, -0.25) is 4.90 Å². The fourth-order valence-corrected chi connectivity index (χ4v) is 3.12. The molecule has 1 aromatic rings. The summed E-state index contributed by atoms with van der Waals surface area (Å²) in [6.45, 7) is 11.8. The van der Waals surface area contributed by atoms with E-state index in [4.69, 9.17) is 4.74 Å². The molecule has 1 aliphatic heterocycles. The molecule has 0 radical (unpaired) electrons. The fraction of sp³-hybridized carbons (Fsp3) is 0.667. The Labute approximate surface area is 140 Å². The van der Waals surface area contributed by atoms with Crippen LogP contribution in [0.25, 0.3) is 0 Å². The molecule has 0 saturated carbocycles. The van der Waals surface area contributed by atoms with Gasteiger partial charge in [0, 0.05) is 45.0 Å². The van der Waals surface area contributed by atoms with Crippen molar-refractivity contribution in [3.8, 4) is 5.75 Å². The Hall–Kier alpha value is -1.30. The third kappa shape index (κ3) is 5.37. The average molecular weight is 321 g/mol. The smallest absolute Gasteiger partial charge is 0.119 e. The molecule has 1 saturated heterocycles. The van der Waals surface area contributed by atoms with E-state index < -0.39 is 0 Å². The Morgan fingerprint density at radius 1 is 1.09 bits per heavy atom. The minimum absolute atomic E-state index is 0.262. The first-order chi connectivity index (χ1) is 11.2. The standard InChI is InChI=1S/C18H31N3O2/c1-4-19(5-2)14-17(22)15-20-10-12-21(13-11-20)16-6-8-18(23-3)9-7-16/h6-9,17,22H,4-5,10-15H2,1-3H3/t17-/m1/s1. The van der Waals surface area contributed by atoms with Gasteiger partial charge < -0.3 is 19.6 Å². The summed E-state index contributed by atoms with van der Waals surface area (Å²) in [5.41, 5.74) is 1.24. The van der Waals surface area contributed by atoms with Crippen molar-refractivity contribution in [1.29, 1.82) is 0 Å². The van der Waals surface area contributed by atoms with E-state index in [1.54, 1.807) is 7.11 Å². The molecular formula is C18H31N3O2. The summed E-state index contributed by atoms with van der Waals surface area (Å²) >= 11 is 0. The molecule has 1 atom stereocenters. The lowest BCUT2D eigenvalue weighted by molar-refractivity contribution is 0.0749. The number of hydrogen-bond acceptors (Lipinski definition) is 5. The summed E-state index contributed by atoms with van der Waals surface area (Å²) in [5, 5.41) is 10.3. The van der Waals surface area contributed by atoms with Crippen molar-refractivity contribution in [1.82, 2.24) is 9.80 Å². The zero-order chi connectivity index (χ0) is 16.7. The molecule has 2 rings (SSSR count). The van der Waals surface area contributed by atoms with Gasteiger partial charge in [0.1, 0.15) is 5.75 Å². The molecule has 1 aromatic carbocycles. The number of aliphatic hydroxyl groups is 1. The van der Waals surface area contributed by atoms with E-state index in [0.717, 1.165) is 58.1 Å². The van der Waals surface area contributed by atoms with E-state index in [1.807, 2.05) is 12.1 Å². The first-order valence-electron chi connectivity index (χ1n) is 8.68. The Bertz CT molecular complexity index is 440. The highest BCUT2D eigenvalue weighted by Gasteiger charge is 2.20. The van der Waals surface area contributed by atoms with Gasteiger partial charge in [0.15, 0.2) is 0 Å². The quantitative estimate of drug-likeness (QED) is 0.786. The summed E-state index contributed by atoms with van der Waals surface area (Å²) in [6, 6.07) is 8.25. The van der Waals surface area contributed by atoms with Crippen LogP contribution in [0, 0.1) is 0 Å². The predicted octanol–water partition coefficient (Wildman–Crippen LogP) is 1.52. The van der Waals surface area contributed by atoms with Gasteiger partial charge in [0.25, 0.3) is 0 Å². The maximum Gasteiger partial charge on any atom is 0.119 e. The van der Waals surface area contributed by atoms with Crippen LogP contribution in [-0.2, 0) is 0 Å². The molecule has 1 heterocycles. The van der Waals surface area contributed by atoms with Crippen LogP contribution in [0.5, 0.6) is 5.75 Å². The molecule has 1 aliphatic rings. The summed E-state index contributed by atoms with van der Waals surface area (Å²) in [4.78, 5) is 7.04. The number of anilines is 1.